The van der Waals surface area contributed by atoms with Gasteiger partial charge in [-0.3, -0.25) is 0 Å². The van der Waals surface area contributed by atoms with Gasteiger partial charge >= 0.3 is 0 Å². The standard InChI is InChI=1S/C7H18N2.C4H13N3/c1-3-9(4-2)7-5-6-8;5-1-3-7-4-2-6/h3-8H2,1-2H3;7H,1-6H2. The van der Waals surface area contributed by atoms with Crippen molar-refractivity contribution >= 4 is 0 Å². The molecule has 0 unspecified atom stereocenters. The van der Waals surface area contributed by atoms with E-state index in [2.05, 4.69) is 24.1 Å². The molecule has 0 aromatic heterocycles. The fraction of sp³-hybridized carbons (Fsp3) is 1.00. The smallest absolute Gasteiger partial charge is 0.00750 e. The molecule has 0 atom stereocenters. The van der Waals surface area contributed by atoms with E-state index in [9.17, 15) is 0 Å². The van der Waals surface area contributed by atoms with Gasteiger partial charge < -0.3 is 27.4 Å². The molecular weight excluding hydrogens is 202 g/mol. The Morgan fingerprint density at radius 1 is 0.875 bits per heavy atom. The molecule has 0 heterocycles. The van der Waals surface area contributed by atoms with E-state index >= 15 is 0 Å². The van der Waals surface area contributed by atoms with Gasteiger partial charge in [-0.1, -0.05) is 13.8 Å². The zero-order chi connectivity index (χ0) is 12.6. The van der Waals surface area contributed by atoms with Crippen LogP contribution in [0.4, 0.5) is 0 Å². The molecule has 7 N–H and O–H groups in total. The highest BCUT2D eigenvalue weighted by molar-refractivity contribution is 4.51. The average molecular weight is 233 g/mol. The lowest BCUT2D eigenvalue weighted by atomic mass is 10.4. The van der Waals surface area contributed by atoms with Crippen molar-refractivity contribution in [2.45, 2.75) is 20.3 Å². The fourth-order valence-electron chi connectivity index (χ4n) is 1.18. The van der Waals surface area contributed by atoms with Crippen molar-refractivity contribution in [3.63, 3.8) is 0 Å². The first kappa shape index (κ1) is 18.2. The highest BCUT2D eigenvalue weighted by atomic mass is 15.1. The van der Waals surface area contributed by atoms with Crippen LogP contribution in [-0.4, -0.2) is 57.3 Å². The maximum absolute atomic E-state index is 5.36. The van der Waals surface area contributed by atoms with Gasteiger partial charge in [0.25, 0.3) is 0 Å². The van der Waals surface area contributed by atoms with E-state index in [0.717, 1.165) is 45.7 Å². The number of nitrogens with zero attached hydrogens (tertiary/aromatic N) is 1. The van der Waals surface area contributed by atoms with Crippen molar-refractivity contribution in [1.82, 2.24) is 10.2 Å². The summed E-state index contributed by atoms with van der Waals surface area (Å²) in [6, 6.07) is 0. The highest BCUT2D eigenvalue weighted by Gasteiger charge is 1.94. The van der Waals surface area contributed by atoms with Crippen LogP contribution >= 0.6 is 0 Å². The van der Waals surface area contributed by atoms with Gasteiger partial charge in [0.15, 0.2) is 0 Å². The Balaban J connectivity index is 0. The third kappa shape index (κ3) is 16.2. The summed E-state index contributed by atoms with van der Waals surface area (Å²) in [5, 5.41) is 3.03. The van der Waals surface area contributed by atoms with Crippen LogP contribution in [0.15, 0.2) is 0 Å². The molecule has 5 nitrogen and oxygen atoms in total. The van der Waals surface area contributed by atoms with Crippen LogP contribution in [0.1, 0.15) is 20.3 Å². The van der Waals surface area contributed by atoms with Gasteiger partial charge in [0.1, 0.15) is 0 Å². The zero-order valence-electron chi connectivity index (χ0n) is 11.0. The van der Waals surface area contributed by atoms with Crippen LogP contribution in [0, 0.1) is 0 Å². The maximum Gasteiger partial charge on any atom is 0.00750 e. The Labute approximate surface area is 101 Å². The van der Waals surface area contributed by atoms with Gasteiger partial charge in [-0.25, -0.2) is 0 Å². The van der Waals surface area contributed by atoms with E-state index in [1.807, 2.05) is 0 Å². The molecular formula is C11H31N5. The Morgan fingerprint density at radius 3 is 1.69 bits per heavy atom. The third-order valence-electron chi connectivity index (χ3n) is 2.22. The van der Waals surface area contributed by atoms with Crippen molar-refractivity contribution in [3.8, 4) is 0 Å². The minimum Gasteiger partial charge on any atom is -0.330 e. The predicted molar refractivity (Wildman–Crippen MR) is 72.4 cm³/mol. The SMILES string of the molecule is CCN(CC)CCCN.NCCNCCN. The van der Waals surface area contributed by atoms with Crippen molar-refractivity contribution in [2.24, 2.45) is 17.2 Å². The first-order valence-corrected chi connectivity index (χ1v) is 6.29. The van der Waals surface area contributed by atoms with E-state index in [1.165, 1.54) is 0 Å². The fourth-order valence-corrected chi connectivity index (χ4v) is 1.18. The summed E-state index contributed by atoms with van der Waals surface area (Å²) in [6.07, 6.45) is 1.13. The topological polar surface area (TPSA) is 93.3 Å². The molecule has 0 saturated heterocycles. The van der Waals surface area contributed by atoms with Crippen molar-refractivity contribution in [2.75, 3.05) is 52.4 Å². The Kier molecular flexibility index (Phi) is 19.5. The Morgan fingerprint density at radius 2 is 1.38 bits per heavy atom. The summed E-state index contributed by atoms with van der Waals surface area (Å²) in [5.41, 5.74) is 15.7. The van der Waals surface area contributed by atoms with Crippen molar-refractivity contribution in [1.29, 1.82) is 0 Å². The molecule has 16 heavy (non-hydrogen) atoms. The second kappa shape index (κ2) is 17.2. The molecule has 100 valence electrons. The molecule has 0 radical (unpaired) electrons. The molecule has 0 aromatic carbocycles. The van der Waals surface area contributed by atoms with E-state index in [4.69, 9.17) is 17.2 Å². The van der Waals surface area contributed by atoms with E-state index in [1.54, 1.807) is 0 Å². The minimum absolute atomic E-state index is 0.694. The molecule has 0 rings (SSSR count). The third-order valence-corrected chi connectivity index (χ3v) is 2.22. The number of nitrogens with two attached hydrogens (primary N) is 3. The highest BCUT2D eigenvalue weighted by Crippen LogP contribution is 1.87. The van der Waals surface area contributed by atoms with Crippen LogP contribution in [-0.2, 0) is 0 Å². The summed E-state index contributed by atoms with van der Waals surface area (Å²) in [7, 11) is 0. The molecule has 5 heteroatoms. The van der Waals surface area contributed by atoms with Crippen molar-refractivity contribution < 1.29 is 0 Å². The van der Waals surface area contributed by atoms with Crippen LogP contribution in [0.2, 0.25) is 0 Å². The monoisotopic (exact) mass is 233 g/mol. The van der Waals surface area contributed by atoms with Crippen molar-refractivity contribution in [3.05, 3.63) is 0 Å². The van der Waals surface area contributed by atoms with Gasteiger partial charge in [0.05, 0.1) is 0 Å². The molecule has 0 aromatic rings. The van der Waals surface area contributed by atoms with E-state index in [-0.39, 0.29) is 0 Å². The summed E-state index contributed by atoms with van der Waals surface area (Å²) in [5.74, 6) is 0. The molecule has 0 fully saturated rings. The van der Waals surface area contributed by atoms with Gasteiger partial charge in [-0.15, -0.1) is 0 Å². The second-order valence-corrected chi connectivity index (χ2v) is 3.50. The molecule has 0 spiro atoms. The predicted octanol–water partition coefficient (Wildman–Crippen LogP) is -0.830. The number of rotatable bonds is 9. The lowest BCUT2D eigenvalue weighted by Gasteiger charge is -2.16. The van der Waals surface area contributed by atoms with Crippen LogP contribution in [0.25, 0.3) is 0 Å². The second-order valence-electron chi connectivity index (χ2n) is 3.50. The number of hydrogen-bond acceptors (Lipinski definition) is 5. The first-order valence-electron chi connectivity index (χ1n) is 6.29. The van der Waals surface area contributed by atoms with Crippen LogP contribution in [0.5, 0.6) is 0 Å². The van der Waals surface area contributed by atoms with Crippen LogP contribution in [0.3, 0.4) is 0 Å². The Hall–Kier alpha value is -0.200. The van der Waals surface area contributed by atoms with Gasteiger partial charge in [-0.2, -0.15) is 0 Å². The van der Waals surface area contributed by atoms with Gasteiger partial charge in [0.2, 0.25) is 0 Å². The summed E-state index contributed by atoms with van der Waals surface area (Å²) in [6.45, 7) is 11.8. The van der Waals surface area contributed by atoms with Gasteiger partial charge in [-0.05, 0) is 32.6 Å². The molecule has 0 bridgehead atoms. The molecule has 0 aliphatic rings. The maximum atomic E-state index is 5.36. The van der Waals surface area contributed by atoms with E-state index in [0.29, 0.717) is 13.1 Å². The summed E-state index contributed by atoms with van der Waals surface area (Å²) >= 11 is 0. The lowest BCUT2D eigenvalue weighted by molar-refractivity contribution is 0.302. The van der Waals surface area contributed by atoms with E-state index < -0.39 is 0 Å². The largest absolute Gasteiger partial charge is 0.330 e. The molecule has 0 aliphatic heterocycles. The summed E-state index contributed by atoms with van der Waals surface area (Å²) < 4.78 is 0. The normalized spacial score (nSPS) is 10.1. The Bertz CT molecular complexity index is 103. The molecule has 0 aliphatic carbocycles. The molecule has 0 amide bonds. The zero-order valence-corrected chi connectivity index (χ0v) is 11.0. The minimum atomic E-state index is 0.694. The summed E-state index contributed by atoms with van der Waals surface area (Å²) in [4.78, 5) is 2.38. The molecule has 0 saturated carbocycles. The quantitative estimate of drug-likeness (QED) is 0.390. The van der Waals surface area contributed by atoms with Crippen LogP contribution < -0.4 is 22.5 Å². The average Bonchev–Trinajstić information content (AvgIpc) is 2.32. The first-order chi connectivity index (χ1) is 7.76. The number of nitrogens with one attached hydrogen (secondary N) is 1. The van der Waals surface area contributed by atoms with Gasteiger partial charge in [0, 0.05) is 26.2 Å². The lowest BCUT2D eigenvalue weighted by Crippen LogP contribution is -2.27. The number of hydrogen-bond donors (Lipinski definition) is 4.